The van der Waals surface area contributed by atoms with Crippen molar-refractivity contribution in [2.45, 2.75) is 51.7 Å². The van der Waals surface area contributed by atoms with E-state index in [4.69, 9.17) is 9.47 Å². The first-order valence-electron chi connectivity index (χ1n) is 19.1. The van der Waals surface area contributed by atoms with E-state index in [-0.39, 0.29) is 30.1 Å². The Morgan fingerprint density at radius 2 is 1.56 bits per heavy atom. The van der Waals surface area contributed by atoms with E-state index in [0.717, 1.165) is 28.9 Å². The lowest BCUT2D eigenvalue weighted by molar-refractivity contribution is -0.141. The minimum atomic E-state index is -1.06. The van der Waals surface area contributed by atoms with Crippen molar-refractivity contribution in [3.8, 4) is 5.75 Å². The number of phenolic OH excluding ortho intramolecular Hbond substituents is 1. The van der Waals surface area contributed by atoms with Crippen LogP contribution >= 0.6 is 0 Å². The Labute approximate surface area is 324 Å². The van der Waals surface area contributed by atoms with E-state index in [9.17, 15) is 24.3 Å². The van der Waals surface area contributed by atoms with Crippen molar-refractivity contribution in [3.63, 3.8) is 0 Å². The first-order chi connectivity index (χ1) is 26.5. The van der Waals surface area contributed by atoms with Crippen molar-refractivity contribution in [1.29, 1.82) is 0 Å². The minimum Gasteiger partial charge on any atom is -0.507 e. The number of para-hydroxylation sites is 1. The lowest BCUT2D eigenvalue weighted by atomic mass is 10.0. The highest BCUT2D eigenvalue weighted by molar-refractivity contribution is 5.90. The largest absolute Gasteiger partial charge is 0.507 e. The summed E-state index contributed by atoms with van der Waals surface area (Å²) >= 11 is 0. The van der Waals surface area contributed by atoms with Crippen LogP contribution in [-0.2, 0) is 31.9 Å². The number of phenols is 1. The number of ether oxygens (including phenoxy) is 2. The van der Waals surface area contributed by atoms with Crippen molar-refractivity contribution in [3.05, 3.63) is 88.5 Å². The number of rotatable bonds is 15. The molecule has 13 nitrogen and oxygen atoms in total. The number of carbonyl (C=O) groups is 4. The summed E-state index contributed by atoms with van der Waals surface area (Å²) in [7, 11) is 5.72. The molecule has 2 saturated heterocycles. The fourth-order valence-electron chi connectivity index (χ4n) is 7.29. The summed E-state index contributed by atoms with van der Waals surface area (Å²) < 4.78 is 11.4. The van der Waals surface area contributed by atoms with Crippen LogP contribution in [0.5, 0.6) is 5.75 Å². The van der Waals surface area contributed by atoms with Crippen LogP contribution in [-0.4, -0.2) is 141 Å². The molecular weight excluding hydrogens is 700 g/mol. The maximum atomic E-state index is 14.1. The maximum Gasteiger partial charge on any atom is 0.410 e. The van der Waals surface area contributed by atoms with Gasteiger partial charge >= 0.3 is 12.1 Å². The van der Waals surface area contributed by atoms with E-state index in [1.807, 2.05) is 73.4 Å². The molecular formula is C42H56N6O7. The molecule has 3 aromatic carbocycles. The van der Waals surface area contributed by atoms with Gasteiger partial charge in [-0.2, -0.15) is 0 Å². The Kier molecular flexibility index (Phi) is 14.4. The summed E-state index contributed by atoms with van der Waals surface area (Å²) in [5.74, 6) is -0.429. The number of hydrogen-bond donors (Lipinski definition) is 2. The maximum absolute atomic E-state index is 14.1. The lowest BCUT2D eigenvalue weighted by Crippen LogP contribution is -2.53. The van der Waals surface area contributed by atoms with Gasteiger partial charge in [0.25, 0.3) is 5.91 Å². The summed E-state index contributed by atoms with van der Waals surface area (Å²) in [6, 6.07) is 19.0. The Balaban J connectivity index is 1.19. The first-order valence-corrected chi connectivity index (χ1v) is 19.1. The number of nitrogens with one attached hydrogen (secondary N) is 1. The third-order valence-corrected chi connectivity index (χ3v) is 10.6. The average Bonchev–Trinajstić information content (AvgIpc) is 3.20. The van der Waals surface area contributed by atoms with Gasteiger partial charge in [-0.1, -0.05) is 30.3 Å². The molecule has 0 bridgehead atoms. The predicted octanol–water partition coefficient (Wildman–Crippen LogP) is 4.33. The molecule has 2 heterocycles. The Bertz CT molecular complexity index is 1750. The number of aryl methyl sites for hydroxylation is 2. The predicted molar refractivity (Wildman–Crippen MR) is 213 cm³/mol. The number of likely N-dealkylation sites (N-methyl/N-ethyl adjacent to an activating group) is 1. The Morgan fingerprint density at radius 1 is 0.909 bits per heavy atom. The second-order valence-electron chi connectivity index (χ2n) is 14.7. The Morgan fingerprint density at radius 3 is 2.18 bits per heavy atom. The van der Waals surface area contributed by atoms with Gasteiger partial charge < -0.3 is 44.4 Å². The molecule has 0 aliphatic carbocycles. The number of anilines is 2. The van der Waals surface area contributed by atoms with Crippen LogP contribution in [0.1, 0.15) is 45.5 Å². The standard InChI is InChI=1S/C42H56N6O7/c1-30-26-32(27-31(2)39(30)50)28-38(40(51)46-22-20-45(21-23-46)35-12-10-34(11-13-35)41(52)54-25-24-44(4)5)55-42(53)47-18-15-36(16-19-47)48(29-49)17-14-33-8-6-7-9-37(33)43-3/h6-13,26-27,29,36,38,43,50H,14-25,28H2,1-5H3/t38-/m1/s1. The van der Waals surface area contributed by atoms with Crippen molar-refractivity contribution >= 4 is 35.8 Å². The van der Waals surface area contributed by atoms with E-state index in [1.54, 1.807) is 35.8 Å². The van der Waals surface area contributed by atoms with E-state index in [2.05, 4.69) is 16.3 Å². The van der Waals surface area contributed by atoms with E-state index >= 15 is 0 Å². The molecule has 2 N–H and O–H groups in total. The van der Waals surface area contributed by atoms with Crippen LogP contribution in [0.3, 0.4) is 0 Å². The highest BCUT2D eigenvalue weighted by Gasteiger charge is 2.34. The van der Waals surface area contributed by atoms with Crippen LogP contribution < -0.4 is 10.2 Å². The number of carbonyl (C=O) groups excluding carboxylic acids is 4. The zero-order chi connectivity index (χ0) is 39.5. The molecule has 2 fully saturated rings. The van der Waals surface area contributed by atoms with Crippen LogP contribution in [0.25, 0.3) is 0 Å². The molecule has 2 aliphatic rings. The molecule has 5 rings (SSSR count). The summed E-state index contributed by atoms with van der Waals surface area (Å²) in [5, 5.41) is 13.6. The number of piperazine rings is 1. The number of nitrogens with zero attached hydrogens (tertiary/aromatic N) is 5. The molecule has 3 aromatic rings. The molecule has 55 heavy (non-hydrogen) atoms. The zero-order valence-corrected chi connectivity index (χ0v) is 32.8. The first kappa shape index (κ1) is 40.9. The number of esters is 1. The molecule has 0 radical (unpaired) electrons. The van der Waals surface area contributed by atoms with Crippen LogP contribution in [0.15, 0.2) is 60.7 Å². The number of hydrogen-bond acceptors (Lipinski definition) is 10. The average molecular weight is 757 g/mol. The molecule has 2 aliphatic heterocycles. The monoisotopic (exact) mass is 756 g/mol. The third kappa shape index (κ3) is 10.9. The smallest absolute Gasteiger partial charge is 0.410 e. The SMILES string of the molecule is CNc1ccccc1CCN(C=O)C1CCN(C(=O)O[C@H](Cc2cc(C)c(O)c(C)c2)C(=O)N2CCN(c3ccc(C(=O)OCCN(C)C)cc3)CC2)CC1. The quantitative estimate of drug-likeness (QED) is 0.171. The van der Waals surface area contributed by atoms with Crippen molar-refractivity contribution in [1.82, 2.24) is 19.6 Å². The zero-order valence-electron chi connectivity index (χ0n) is 32.8. The molecule has 0 spiro atoms. The van der Waals surface area contributed by atoms with E-state index < -0.39 is 12.2 Å². The molecule has 0 saturated carbocycles. The molecule has 3 amide bonds. The van der Waals surface area contributed by atoms with Gasteiger partial charge in [0.1, 0.15) is 12.4 Å². The number of benzene rings is 3. The van der Waals surface area contributed by atoms with Crippen molar-refractivity contribution in [2.24, 2.45) is 0 Å². The minimum absolute atomic E-state index is 0.00178. The van der Waals surface area contributed by atoms with Gasteiger partial charge in [-0.05, 0) is 99.8 Å². The number of aromatic hydroxyl groups is 1. The normalized spacial score (nSPS) is 15.4. The van der Waals surface area contributed by atoms with Gasteiger partial charge in [-0.3, -0.25) is 9.59 Å². The second kappa shape index (κ2) is 19.3. The van der Waals surface area contributed by atoms with Gasteiger partial charge in [0.2, 0.25) is 6.41 Å². The highest BCUT2D eigenvalue weighted by Crippen LogP contribution is 2.26. The lowest BCUT2D eigenvalue weighted by Gasteiger charge is -2.38. The van der Waals surface area contributed by atoms with Crippen LogP contribution in [0.2, 0.25) is 0 Å². The van der Waals surface area contributed by atoms with Gasteiger partial charge in [-0.25, -0.2) is 9.59 Å². The van der Waals surface area contributed by atoms with Gasteiger partial charge in [0.15, 0.2) is 6.10 Å². The third-order valence-electron chi connectivity index (χ3n) is 10.6. The molecule has 1 atom stereocenters. The van der Waals surface area contributed by atoms with Gasteiger partial charge in [0.05, 0.1) is 5.56 Å². The fraction of sp³-hybridized carbons (Fsp3) is 0.476. The Hall–Kier alpha value is -5.30. The molecule has 13 heteroatoms. The van der Waals surface area contributed by atoms with Gasteiger partial charge in [-0.15, -0.1) is 0 Å². The van der Waals surface area contributed by atoms with Gasteiger partial charge in [0, 0.05) is 83.2 Å². The molecule has 0 aromatic heterocycles. The van der Waals surface area contributed by atoms with Crippen LogP contribution in [0, 0.1) is 13.8 Å². The fourth-order valence-corrected chi connectivity index (χ4v) is 7.29. The summed E-state index contributed by atoms with van der Waals surface area (Å²) in [6.45, 7) is 7.96. The summed E-state index contributed by atoms with van der Waals surface area (Å²) in [4.78, 5) is 61.6. The summed E-state index contributed by atoms with van der Waals surface area (Å²) in [5.41, 5.74) is 5.76. The van der Waals surface area contributed by atoms with Crippen LogP contribution in [0.4, 0.5) is 16.2 Å². The van der Waals surface area contributed by atoms with Crippen molar-refractivity contribution in [2.75, 3.05) is 90.3 Å². The second-order valence-corrected chi connectivity index (χ2v) is 14.7. The highest BCUT2D eigenvalue weighted by atomic mass is 16.6. The molecule has 0 unspecified atom stereocenters. The van der Waals surface area contributed by atoms with Crippen molar-refractivity contribution < 1.29 is 33.8 Å². The number of amides is 3. The van der Waals surface area contributed by atoms with E-state index in [0.29, 0.717) is 94.9 Å². The topological polar surface area (TPSA) is 135 Å². The summed E-state index contributed by atoms with van der Waals surface area (Å²) in [6.07, 6.45) is 1.39. The number of piperidine rings is 1. The molecule has 296 valence electrons. The van der Waals surface area contributed by atoms with E-state index in [1.165, 1.54) is 0 Å². The number of likely N-dealkylation sites (tertiary alicyclic amines) is 1.